The molecule has 2 aliphatic rings. The Morgan fingerprint density at radius 1 is 1.03 bits per heavy atom. The first-order chi connectivity index (χ1) is 15.0. The highest BCUT2D eigenvalue weighted by Gasteiger charge is 2.46. The van der Waals surface area contributed by atoms with E-state index in [4.69, 9.17) is 16.3 Å². The van der Waals surface area contributed by atoms with Gasteiger partial charge in [0, 0.05) is 23.7 Å². The van der Waals surface area contributed by atoms with Crippen molar-refractivity contribution in [2.45, 2.75) is 18.9 Å². The molecular weight excluding hydrogens is 416 g/mol. The van der Waals surface area contributed by atoms with Gasteiger partial charge in [-0.2, -0.15) is 0 Å². The Balaban J connectivity index is 1.74. The van der Waals surface area contributed by atoms with Gasteiger partial charge >= 0.3 is 0 Å². The lowest BCUT2D eigenvalue weighted by atomic mass is 9.95. The van der Waals surface area contributed by atoms with Crippen LogP contribution in [0.15, 0.2) is 54.1 Å². The zero-order chi connectivity index (χ0) is 22.0. The number of ketones is 1. The van der Waals surface area contributed by atoms with Crippen LogP contribution in [0.3, 0.4) is 0 Å². The molecule has 2 aliphatic heterocycles. The van der Waals surface area contributed by atoms with E-state index in [2.05, 4.69) is 4.90 Å². The first-order valence-electron chi connectivity index (χ1n) is 10.4. The number of carbonyl (C=O) groups excluding carboxylic acids is 2. The standard InChI is InChI=1S/C24H25ClN2O4/c1-31-19-10-6-17(7-11-19)22(28)20-21(16-4-8-18(25)9-5-16)27(24(30)23(20)29)15-14-26-12-2-3-13-26/h4-11,21,28H,2-3,12-15H2,1H3/b22-20+. The van der Waals surface area contributed by atoms with Gasteiger partial charge in [0.25, 0.3) is 11.7 Å². The number of carbonyl (C=O) groups is 2. The number of amides is 1. The molecule has 1 amide bonds. The SMILES string of the molecule is COc1ccc(/C(O)=C2\C(=O)C(=O)N(CCN3CCCC3)C2c2ccc(Cl)cc2)cc1. The summed E-state index contributed by atoms with van der Waals surface area (Å²) < 4.78 is 5.17. The van der Waals surface area contributed by atoms with E-state index in [0.717, 1.165) is 31.5 Å². The van der Waals surface area contributed by atoms with Crippen LogP contribution in [0.1, 0.15) is 30.0 Å². The number of halogens is 1. The summed E-state index contributed by atoms with van der Waals surface area (Å²) in [7, 11) is 1.56. The monoisotopic (exact) mass is 440 g/mol. The maximum absolute atomic E-state index is 13.0. The van der Waals surface area contributed by atoms with Crippen LogP contribution >= 0.6 is 11.6 Å². The van der Waals surface area contributed by atoms with Crippen molar-refractivity contribution in [3.05, 3.63) is 70.3 Å². The van der Waals surface area contributed by atoms with Crippen molar-refractivity contribution >= 4 is 29.1 Å². The fourth-order valence-corrected chi connectivity index (χ4v) is 4.39. The normalized spacial score (nSPS) is 21.1. The summed E-state index contributed by atoms with van der Waals surface area (Å²) in [4.78, 5) is 29.9. The van der Waals surface area contributed by atoms with Crippen molar-refractivity contribution in [1.29, 1.82) is 0 Å². The summed E-state index contributed by atoms with van der Waals surface area (Å²) in [5.41, 5.74) is 1.29. The highest BCUT2D eigenvalue weighted by molar-refractivity contribution is 6.46. The first kappa shape index (κ1) is 21.4. The summed E-state index contributed by atoms with van der Waals surface area (Å²) in [6.45, 7) is 3.11. The fourth-order valence-electron chi connectivity index (χ4n) is 4.26. The van der Waals surface area contributed by atoms with Gasteiger partial charge < -0.3 is 19.6 Å². The van der Waals surface area contributed by atoms with E-state index in [1.54, 1.807) is 60.5 Å². The minimum Gasteiger partial charge on any atom is -0.507 e. The molecule has 0 aromatic heterocycles. The van der Waals surface area contributed by atoms with Crippen LogP contribution in [0.5, 0.6) is 5.75 Å². The number of likely N-dealkylation sites (tertiary alicyclic amines) is 2. The fraction of sp³-hybridized carbons (Fsp3) is 0.333. The van der Waals surface area contributed by atoms with Crippen molar-refractivity contribution in [3.63, 3.8) is 0 Å². The van der Waals surface area contributed by atoms with Crippen LogP contribution in [0, 0.1) is 0 Å². The molecule has 1 N–H and O–H groups in total. The molecule has 2 saturated heterocycles. The highest BCUT2D eigenvalue weighted by atomic mass is 35.5. The van der Waals surface area contributed by atoms with Crippen LogP contribution in [-0.4, -0.2) is 59.9 Å². The largest absolute Gasteiger partial charge is 0.507 e. The molecule has 0 bridgehead atoms. The maximum atomic E-state index is 13.0. The Kier molecular flexibility index (Phi) is 6.30. The van der Waals surface area contributed by atoms with E-state index in [1.165, 1.54) is 0 Å². The lowest BCUT2D eigenvalue weighted by Crippen LogP contribution is -2.37. The molecule has 162 valence electrons. The molecule has 1 atom stereocenters. The molecule has 7 heteroatoms. The van der Waals surface area contributed by atoms with Gasteiger partial charge in [0.2, 0.25) is 0 Å². The molecular formula is C24H25ClN2O4. The van der Waals surface area contributed by atoms with E-state index in [0.29, 0.717) is 29.4 Å². The number of hydrogen-bond acceptors (Lipinski definition) is 5. The van der Waals surface area contributed by atoms with Gasteiger partial charge in [-0.1, -0.05) is 23.7 Å². The van der Waals surface area contributed by atoms with Crippen LogP contribution in [0.2, 0.25) is 5.02 Å². The number of ether oxygens (including phenoxy) is 1. The van der Waals surface area contributed by atoms with E-state index in [1.807, 2.05) is 0 Å². The number of aliphatic hydroxyl groups is 1. The minimum atomic E-state index is -0.672. The average molecular weight is 441 g/mol. The number of rotatable bonds is 6. The number of Topliss-reactive ketones (excluding diaryl/α,β-unsaturated/α-hetero) is 1. The first-order valence-corrected chi connectivity index (χ1v) is 10.8. The zero-order valence-electron chi connectivity index (χ0n) is 17.4. The van der Waals surface area contributed by atoms with Gasteiger partial charge in [0.15, 0.2) is 0 Å². The second-order valence-electron chi connectivity index (χ2n) is 7.82. The van der Waals surface area contributed by atoms with Crippen LogP contribution < -0.4 is 4.74 Å². The van der Waals surface area contributed by atoms with E-state index in [9.17, 15) is 14.7 Å². The second-order valence-corrected chi connectivity index (χ2v) is 8.26. The molecule has 0 saturated carbocycles. The van der Waals surface area contributed by atoms with Crippen molar-refractivity contribution < 1.29 is 19.4 Å². The zero-order valence-corrected chi connectivity index (χ0v) is 18.1. The second kappa shape index (κ2) is 9.12. The van der Waals surface area contributed by atoms with Gasteiger partial charge in [0.1, 0.15) is 11.5 Å². The van der Waals surface area contributed by atoms with Crippen molar-refractivity contribution in [1.82, 2.24) is 9.80 Å². The van der Waals surface area contributed by atoms with Gasteiger partial charge in [-0.25, -0.2) is 0 Å². The molecule has 0 aliphatic carbocycles. The predicted molar refractivity (Wildman–Crippen MR) is 119 cm³/mol. The number of hydrogen-bond donors (Lipinski definition) is 1. The van der Waals surface area contributed by atoms with Gasteiger partial charge in [-0.05, 0) is 67.9 Å². The number of methoxy groups -OCH3 is 1. The Morgan fingerprint density at radius 3 is 2.29 bits per heavy atom. The summed E-state index contributed by atoms with van der Waals surface area (Å²) in [6, 6.07) is 13.1. The molecule has 6 nitrogen and oxygen atoms in total. The van der Waals surface area contributed by atoms with Crippen LogP contribution in [0.25, 0.3) is 5.76 Å². The molecule has 4 rings (SSSR count). The van der Waals surface area contributed by atoms with Crippen molar-refractivity contribution in [3.8, 4) is 5.75 Å². The third-order valence-corrected chi connectivity index (χ3v) is 6.20. The summed E-state index contributed by atoms with van der Waals surface area (Å²) in [5, 5.41) is 11.6. The quantitative estimate of drug-likeness (QED) is 0.419. The summed E-state index contributed by atoms with van der Waals surface area (Å²) in [5.74, 6) is -0.814. The van der Waals surface area contributed by atoms with Gasteiger partial charge in [-0.15, -0.1) is 0 Å². The van der Waals surface area contributed by atoms with Crippen molar-refractivity contribution in [2.75, 3.05) is 33.3 Å². The molecule has 2 aromatic carbocycles. The molecule has 1 unspecified atom stereocenters. The number of nitrogens with zero attached hydrogens (tertiary/aromatic N) is 2. The van der Waals surface area contributed by atoms with Gasteiger partial charge in [0.05, 0.1) is 18.7 Å². The third kappa shape index (κ3) is 4.31. The van der Waals surface area contributed by atoms with E-state index < -0.39 is 17.7 Å². The molecule has 2 heterocycles. The molecule has 2 aromatic rings. The highest BCUT2D eigenvalue weighted by Crippen LogP contribution is 2.39. The Labute approximate surface area is 186 Å². The molecule has 0 radical (unpaired) electrons. The topological polar surface area (TPSA) is 70.1 Å². The van der Waals surface area contributed by atoms with E-state index in [-0.39, 0.29) is 11.3 Å². The Morgan fingerprint density at radius 2 is 1.68 bits per heavy atom. The van der Waals surface area contributed by atoms with E-state index >= 15 is 0 Å². The van der Waals surface area contributed by atoms with Crippen LogP contribution in [0.4, 0.5) is 0 Å². The number of aliphatic hydroxyl groups excluding tert-OH is 1. The lowest BCUT2D eigenvalue weighted by Gasteiger charge is -2.27. The Hall–Kier alpha value is -2.83. The van der Waals surface area contributed by atoms with Crippen molar-refractivity contribution in [2.24, 2.45) is 0 Å². The maximum Gasteiger partial charge on any atom is 0.295 e. The third-order valence-electron chi connectivity index (χ3n) is 5.94. The smallest absolute Gasteiger partial charge is 0.295 e. The minimum absolute atomic E-state index is 0.0962. The number of benzene rings is 2. The average Bonchev–Trinajstić information content (AvgIpc) is 3.39. The van der Waals surface area contributed by atoms with Gasteiger partial charge in [-0.3, -0.25) is 9.59 Å². The lowest BCUT2D eigenvalue weighted by molar-refractivity contribution is -0.140. The van der Waals surface area contributed by atoms with Crippen LogP contribution in [-0.2, 0) is 9.59 Å². The summed E-state index contributed by atoms with van der Waals surface area (Å²) in [6.07, 6.45) is 2.30. The predicted octanol–water partition coefficient (Wildman–Crippen LogP) is 3.87. The summed E-state index contributed by atoms with van der Waals surface area (Å²) >= 11 is 6.06. The Bertz CT molecular complexity index is 995. The molecule has 2 fully saturated rings. The molecule has 0 spiro atoms. The molecule has 31 heavy (non-hydrogen) atoms.